The van der Waals surface area contributed by atoms with Crippen molar-refractivity contribution in [2.24, 2.45) is 0 Å². The summed E-state index contributed by atoms with van der Waals surface area (Å²) in [5, 5.41) is 12.3. The number of aromatic nitrogens is 2. The second-order valence-corrected chi connectivity index (χ2v) is 4.72. The third-order valence-corrected chi connectivity index (χ3v) is 3.53. The lowest BCUT2D eigenvalue weighted by atomic mass is 9.93. The number of H-pyrrole nitrogens is 1. The van der Waals surface area contributed by atoms with Crippen LogP contribution in [0.4, 0.5) is 0 Å². The number of nitrogens with zero attached hydrogens (tertiary/aromatic N) is 1. The molecule has 0 radical (unpaired) electrons. The second kappa shape index (κ2) is 4.42. The van der Waals surface area contributed by atoms with Gasteiger partial charge in [0.05, 0.1) is 17.4 Å². The van der Waals surface area contributed by atoms with Gasteiger partial charge in [-0.1, -0.05) is 6.07 Å². The Balaban J connectivity index is 1.86. The Morgan fingerprint density at radius 1 is 1.39 bits per heavy atom. The van der Waals surface area contributed by atoms with E-state index in [-0.39, 0.29) is 6.04 Å². The highest BCUT2D eigenvalue weighted by Crippen LogP contribution is 2.27. The number of carboxylic acids is 1. The van der Waals surface area contributed by atoms with Crippen LogP contribution in [0.15, 0.2) is 24.5 Å². The molecule has 0 spiro atoms. The van der Waals surface area contributed by atoms with Crippen LogP contribution in [0, 0.1) is 0 Å². The first kappa shape index (κ1) is 11.2. The van der Waals surface area contributed by atoms with Crippen LogP contribution in [-0.2, 0) is 4.79 Å². The van der Waals surface area contributed by atoms with Crippen LogP contribution in [0.5, 0.6) is 0 Å². The number of aromatic amines is 1. The minimum absolute atomic E-state index is 0.118. The first-order chi connectivity index (χ1) is 8.74. The molecule has 3 rings (SSSR count). The zero-order chi connectivity index (χ0) is 12.5. The maximum absolute atomic E-state index is 11.0. The standard InChI is InChI=1S/C13H15N3O2/c17-13(18)11-3-1-2-9(16-11)8-4-5-10-12(6-8)15-7-14-10/h4-7,9,11,16H,1-3H2,(H,14,15)(H,17,18). The average Bonchev–Trinajstić information content (AvgIpc) is 2.86. The van der Waals surface area contributed by atoms with E-state index in [9.17, 15) is 4.79 Å². The largest absolute Gasteiger partial charge is 0.480 e. The summed E-state index contributed by atoms with van der Waals surface area (Å²) in [6.45, 7) is 0. The van der Waals surface area contributed by atoms with E-state index in [1.54, 1.807) is 6.33 Å². The summed E-state index contributed by atoms with van der Waals surface area (Å²) in [5.74, 6) is -0.762. The molecule has 0 amide bonds. The van der Waals surface area contributed by atoms with Crippen LogP contribution < -0.4 is 5.32 Å². The Labute approximate surface area is 104 Å². The molecule has 1 aliphatic rings. The maximum Gasteiger partial charge on any atom is 0.320 e. The molecule has 0 bridgehead atoms. The number of carbonyl (C=O) groups is 1. The van der Waals surface area contributed by atoms with E-state index in [0.29, 0.717) is 6.42 Å². The van der Waals surface area contributed by atoms with Crippen molar-refractivity contribution in [3.8, 4) is 0 Å². The molecule has 0 aliphatic carbocycles. The van der Waals surface area contributed by atoms with Gasteiger partial charge < -0.3 is 10.1 Å². The minimum Gasteiger partial charge on any atom is -0.480 e. The fourth-order valence-corrected chi connectivity index (χ4v) is 2.56. The summed E-state index contributed by atoms with van der Waals surface area (Å²) < 4.78 is 0. The van der Waals surface area contributed by atoms with Gasteiger partial charge in [0, 0.05) is 6.04 Å². The molecule has 0 saturated carbocycles. The molecule has 1 fully saturated rings. The number of fused-ring (bicyclic) bond motifs is 1. The molecule has 18 heavy (non-hydrogen) atoms. The van der Waals surface area contributed by atoms with Crippen molar-refractivity contribution in [3.63, 3.8) is 0 Å². The van der Waals surface area contributed by atoms with E-state index in [0.717, 1.165) is 29.4 Å². The molecule has 2 heterocycles. The second-order valence-electron chi connectivity index (χ2n) is 4.72. The van der Waals surface area contributed by atoms with Crippen LogP contribution in [-0.4, -0.2) is 27.1 Å². The van der Waals surface area contributed by atoms with Crippen LogP contribution >= 0.6 is 0 Å². The molecule has 2 aromatic rings. The summed E-state index contributed by atoms with van der Waals surface area (Å²) in [6, 6.07) is 5.72. The minimum atomic E-state index is -0.762. The van der Waals surface area contributed by atoms with Gasteiger partial charge in [0.1, 0.15) is 6.04 Å². The Morgan fingerprint density at radius 2 is 2.28 bits per heavy atom. The predicted molar refractivity (Wildman–Crippen MR) is 67.2 cm³/mol. The number of nitrogens with one attached hydrogen (secondary N) is 2. The molecule has 1 aromatic heterocycles. The van der Waals surface area contributed by atoms with Crippen molar-refractivity contribution in [2.75, 3.05) is 0 Å². The van der Waals surface area contributed by atoms with E-state index < -0.39 is 12.0 Å². The van der Waals surface area contributed by atoms with E-state index in [1.165, 1.54) is 0 Å². The van der Waals surface area contributed by atoms with Crippen molar-refractivity contribution in [3.05, 3.63) is 30.1 Å². The molecule has 3 N–H and O–H groups in total. The van der Waals surface area contributed by atoms with Crippen molar-refractivity contribution < 1.29 is 9.90 Å². The van der Waals surface area contributed by atoms with Crippen molar-refractivity contribution in [2.45, 2.75) is 31.3 Å². The van der Waals surface area contributed by atoms with Gasteiger partial charge in [-0.05, 0) is 37.0 Å². The normalized spacial score (nSPS) is 24.2. The van der Waals surface area contributed by atoms with Gasteiger partial charge in [-0.3, -0.25) is 10.1 Å². The summed E-state index contributed by atoms with van der Waals surface area (Å²) in [4.78, 5) is 18.3. The third kappa shape index (κ3) is 1.97. The Kier molecular flexibility index (Phi) is 2.76. The number of benzene rings is 1. The number of hydrogen-bond acceptors (Lipinski definition) is 3. The van der Waals surface area contributed by atoms with Gasteiger partial charge in [-0.15, -0.1) is 0 Å². The maximum atomic E-state index is 11.0. The highest BCUT2D eigenvalue weighted by Gasteiger charge is 2.26. The van der Waals surface area contributed by atoms with Gasteiger partial charge in [-0.2, -0.15) is 0 Å². The highest BCUT2D eigenvalue weighted by molar-refractivity contribution is 5.76. The van der Waals surface area contributed by atoms with E-state index in [1.807, 2.05) is 18.2 Å². The monoisotopic (exact) mass is 245 g/mol. The van der Waals surface area contributed by atoms with Gasteiger partial charge >= 0.3 is 5.97 Å². The predicted octanol–water partition coefficient (Wildman–Crippen LogP) is 1.83. The van der Waals surface area contributed by atoms with Crippen LogP contribution in [0.1, 0.15) is 30.9 Å². The number of aliphatic carboxylic acids is 1. The SMILES string of the molecule is O=C(O)C1CCCC(c2ccc3nc[nH]c3c2)N1. The topological polar surface area (TPSA) is 78.0 Å². The van der Waals surface area contributed by atoms with Crippen molar-refractivity contribution in [1.82, 2.24) is 15.3 Å². The Bertz CT molecular complexity index is 578. The summed E-state index contributed by atoms with van der Waals surface area (Å²) in [6.07, 6.45) is 4.29. The summed E-state index contributed by atoms with van der Waals surface area (Å²) >= 11 is 0. The summed E-state index contributed by atoms with van der Waals surface area (Å²) in [7, 11) is 0. The zero-order valence-electron chi connectivity index (χ0n) is 9.89. The molecule has 5 heteroatoms. The first-order valence-electron chi connectivity index (χ1n) is 6.16. The van der Waals surface area contributed by atoms with E-state index in [4.69, 9.17) is 5.11 Å². The van der Waals surface area contributed by atoms with E-state index in [2.05, 4.69) is 15.3 Å². The number of hydrogen-bond donors (Lipinski definition) is 3. The molecule has 5 nitrogen and oxygen atoms in total. The molecule has 94 valence electrons. The van der Waals surface area contributed by atoms with Crippen molar-refractivity contribution >= 4 is 17.0 Å². The average molecular weight is 245 g/mol. The molecule has 1 saturated heterocycles. The number of piperidine rings is 1. The molecule has 2 atom stereocenters. The molecular weight excluding hydrogens is 230 g/mol. The van der Waals surface area contributed by atoms with Crippen LogP contribution in [0.25, 0.3) is 11.0 Å². The smallest absolute Gasteiger partial charge is 0.320 e. The van der Waals surface area contributed by atoms with Gasteiger partial charge in [-0.25, -0.2) is 4.98 Å². The lowest BCUT2D eigenvalue weighted by Gasteiger charge is -2.28. The lowest BCUT2D eigenvalue weighted by molar-refractivity contribution is -0.140. The zero-order valence-corrected chi connectivity index (χ0v) is 9.89. The van der Waals surface area contributed by atoms with Gasteiger partial charge in [0.2, 0.25) is 0 Å². The summed E-state index contributed by atoms with van der Waals surface area (Å²) in [5.41, 5.74) is 3.05. The van der Waals surface area contributed by atoms with Crippen LogP contribution in [0.2, 0.25) is 0 Å². The number of carboxylic acid groups (broad SMARTS) is 1. The van der Waals surface area contributed by atoms with E-state index >= 15 is 0 Å². The van der Waals surface area contributed by atoms with Crippen LogP contribution in [0.3, 0.4) is 0 Å². The fourth-order valence-electron chi connectivity index (χ4n) is 2.56. The van der Waals surface area contributed by atoms with Crippen molar-refractivity contribution in [1.29, 1.82) is 0 Å². The fraction of sp³-hybridized carbons (Fsp3) is 0.385. The van der Waals surface area contributed by atoms with Gasteiger partial charge in [0.15, 0.2) is 0 Å². The number of rotatable bonds is 2. The quantitative estimate of drug-likeness (QED) is 0.754. The van der Waals surface area contributed by atoms with Gasteiger partial charge in [0.25, 0.3) is 0 Å². The number of imidazole rings is 1. The Hall–Kier alpha value is -1.88. The molecular formula is C13H15N3O2. The Morgan fingerprint density at radius 3 is 3.11 bits per heavy atom. The third-order valence-electron chi connectivity index (χ3n) is 3.53. The highest BCUT2D eigenvalue weighted by atomic mass is 16.4. The lowest BCUT2D eigenvalue weighted by Crippen LogP contribution is -2.42. The molecule has 2 unspecified atom stereocenters. The molecule has 1 aromatic carbocycles. The first-order valence-corrected chi connectivity index (χ1v) is 6.16. The molecule has 1 aliphatic heterocycles.